The quantitative estimate of drug-likeness (QED) is 0.681. The topological polar surface area (TPSA) is 105 Å². The van der Waals surface area contributed by atoms with E-state index in [9.17, 15) is 18.0 Å². The summed E-state index contributed by atoms with van der Waals surface area (Å²) in [5.41, 5.74) is 1.50. The summed E-state index contributed by atoms with van der Waals surface area (Å²) in [5, 5.41) is 5.30. The van der Waals surface area contributed by atoms with Gasteiger partial charge in [-0.3, -0.25) is 9.59 Å². The minimum atomic E-state index is -3.80. The SMILES string of the molecule is Cc1ccc(C)c(S(=O)(=O)N2CCCO[C@@H]2CNC(=O)C(=O)NC2CCCCC2)c1. The highest BCUT2D eigenvalue weighted by Gasteiger charge is 2.35. The number of hydrogen-bond acceptors (Lipinski definition) is 5. The number of ether oxygens (including phenoxy) is 1. The lowest BCUT2D eigenvalue weighted by atomic mass is 9.95. The third-order valence-corrected chi connectivity index (χ3v) is 7.70. The molecule has 1 atom stereocenters. The maximum Gasteiger partial charge on any atom is 0.309 e. The van der Waals surface area contributed by atoms with Gasteiger partial charge in [-0.15, -0.1) is 0 Å². The van der Waals surface area contributed by atoms with Crippen LogP contribution in [0.2, 0.25) is 0 Å². The molecule has 0 unspecified atom stereocenters. The van der Waals surface area contributed by atoms with Gasteiger partial charge in [0.05, 0.1) is 18.0 Å². The van der Waals surface area contributed by atoms with Crippen molar-refractivity contribution in [2.24, 2.45) is 0 Å². The molecule has 0 spiro atoms. The van der Waals surface area contributed by atoms with Crippen molar-refractivity contribution in [3.8, 4) is 0 Å². The van der Waals surface area contributed by atoms with E-state index in [0.29, 0.717) is 25.1 Å². The van der Waals surface area contributed by atoms with Crippen LogP contribution < -0.4 is 10.6 Å². The molecule has 1 saturated carbocycles. The lowest BCUT2D eigenvalue weighted by Gasteiger charge is -2.35. The summed E-state index contributed by atoms with van der Waals surface area (Å²) in [6.07, 6.45) is 4.73. The van der Waals surface area contributed by atoms with E-state index >= 15 is 0 Å². The van der Waals surface area contributed by atoms with Crippen LogP contribution in [-0.4, -0.2) is 56.5 Å². The standard InChI is InChI=1S/C21H31N3O5S/c1-15-9-10-16(2)18(13-15)30(27,28)24-11-6-12-29-19(24)14-22-20(25)21(26)23-17-7-4-3-5-8-17/h9-10,13,17,19H,3-8,11-12,14H2,1-2H3,(H,22,25)(H,23,26)/t19-/m1/s1. The third-order valence-electron chi connectivity index (χ3n) is 5.67. The van der Waals surface area contributed by atoms with Crippen molar-refractivity contribution >= 4 is 21.8 Å². The van der Waals surface area contributed by atoms with Gasteiger partial charge in [0.25, 0.3) is 0 Å². The lowest BCUT2D eigenvalue weighted by Crippen LogP contribution is -2.53. The number of hydrogen-bond donors (Lipinski definition) is 2. The summed E-state index contributed by atoms with van der Waals surface area (Å²) >= 11 is 0. The molecular formula is C21H31N3O5S. The van der Waals surface area contributed by atoms with Gasteiger partial charge in [-0.1, -0.05) is 31.4 Å². The number of carbonyl (C=O) groups is 2. The number of nitrogens with one attached hydrogen (secondary N) is 2. The fourth-order valence-corrected chi connectivity index (χ4v) is 5.85. The summed E-state index contributed by atoms with van der Waals surface area (Å²) in [7, 11) is -3.80. The van der Waals surface area contributed by atoms with Crippen LogP contribution in [-0.2, 0) is 24.3 Å². The highest BCUT2D eigenvalue weighted by atomic mass is 32.2. The van der Waals surface area contributed by atoms with E-state index in [1.54, 1.807) is 19.1 Å². The van der Waals surface area contributed by atoms with Gasteiger partial charge in [0.1, 0.15) is 6.23 Å². The third kappa shape index (κ3) is 5.39. The van der Waals surface area contributed by atoms with Gasteiger partial charge in [-0.05, 0) is 50.3 Å². The second kappa shape index (κ2) is 9.89. The largest absolute Gasteiger partial charge is 0.360 e. The highest BCUT2D eigenvalue weighted by molar-refractivity contribution is 7.89. The monoisotopic (exact) mass is 437 g/mol. The summed E-state index contributed by atoms with van der Waals surface area (Å²) in [4.78, 5) is 24.6. The summed E-state index contributed by atoms with van der Waals surface area (Å²) < 4.78 is 33.5. The molecule has 166 valence electrons. The average Bonchev–Trinajstić information content (AvgIpc) is 2.74. The first-order chi connectivity index (χ1) is 14.3. The molecule has 1 heterocycles. The second-order valence-electron chi connectivity index (χ2n) is 8.08. The van der Waals surface area contributed by atoms with Gasteiger partial charge >= 0.3 is 11.8 Å². The van der Waals surface area contributed by atoms with E-state index in [1.165, 1.54) is 4.31 Å². The molecule has 0 radical (unpaired) electrons. The van der Waals surface area contributed by atoms with Crippen molar-refractivity contribution < 1.29 is 22.7 Å². The summed E-state index contributed by atoms with van der Waals surface area (Å²) in [5.74, 6) is -1.44. The minimum absolute atomic E-state index is 0.0316. The van der Waals surface area contributed by atoms with Gasteiger partial charge < -0.3 is 15.4 Å². The molecule has 1 aliphatic heterocycles. The Kier molecular flexibility index (Phi) is 7.49. The fourth-order valence-electron chi connectivity index (χ4n) is 3.97. The van der Waals surface area contributed by atoms with Crippen LogP contribution in [0.25, 0.3) is 0 Å². The fraction of sp³-hybridized carbons (Fsp3) is 0.619. The molecule has 8 nitrogen and oxygen atoms in total. The maximum absolute atomic E-state index is 13.3. The molecular weight excluding hydrogens is 406 g/mol. The van der Waals surface area contributed by atoms with Crippen LogP contribution in [0.3, 0.4) is 0 Å². The van der Waals surface area contributed by atoms with Crippen LogP contribution in [0.1, 0.15) is 49.7 Å². The maximum atomic E-state index is 13.3. The number of rotatable bonds is 5. The normalized spacial score (nSPS) is 21.2. The summed E-state index contributed by atoms with van der Waals surface area (Å²) in [6.45, 7) is 4.20. The first kappa shape index (κ1) is 22.7. The van der Waals surface area contributed by atoms with E-state index in [0.717, 1.165) is 37.7 Å². The first-order valence-corrected chi connectivity index (χ1v) is 12.0. The van der Waals surface area contributed by atoms with Crippen molar-refractivity contribution in [3.05, 3.63) is 29.3 Å². The average molecular weight is 438 g/mol. The Morgan fingerprint density at radius 3 is 2.57 bits per heavy atom. The zero-order valence-electron chi connectivity index (χ0n) is 17.6. The highest BCUT2D eigenvalue weighted by Crippen LogP contribution is 2.25. The minimum Gasteiger partial charge on any atom is -0.360 e. The molecule has 2 aliphatic rings. The van der Waals surface area contributed by atoms with Crippen LogP contribution in [0.15, 0.2) is 23.1 Å². The van der Waals surface area contributed by atoms with E-state index in [1.807, 2.05) is 13.0 Å². The Morgan fingerprint density at radius 1 is 1.10 bits per heavy atom. The van der Waals surface area contributed by atoms with E-state index < -0.39 is 28.1 Å². The molecule has 3 rings (SSSR count). The molecule has 1 aromatic rings. The predicted molar refractivity (Wildman–Crippen MR) is 112 cm³/mol. The van der Waals surface area contributed by atoms with Crippen molar-refractivity contribution in [1.29, 1.82) is 0 Å². The lowest BCUT2D eigenvalue weighted by molar-refractivity contribution is -0.140. The number of benzene rings is 1. The molecule has 0 bridgehead atoms. The van der Waals surface area contributed by atoms with Gasteiger partial charge in [-0.2, -0.15) is 4.31 Å². The Hall–Kier alpha value is -1.97. The summed E-state index contributed by atoms with van der Waals surface area (Å²) in [6, 6.07) is 5.32. The molecule has 2 fully saturated rings. The molecule has 1 aliphatic carbocycles. The van der Waals surface area contributed by atoms with Gasteiger partial charge in [-0.25, -0.2) is 8.42 Å². The Labute approximate surface area is 178 Å². The van der Waals surface area contributed by atoms with Crippen LogP contribution in [0, 0.1) is 13.8 Å². The first-order valence-electron chi connectivity index (χ1n) is 10.6. The Bertz CT molecular complexity index is 881. The van der Waals surface area contributed by atoms with Crippen LogP contribution >= 0.6 is 0 Å². The number of nitrogens with zero attached hydrogens (tertiary/aromatic N) is 1. The van der Waals surface area contributed by atoms with Crippen molar-refractivity contribution in [2.45, 2.75) is 69.5 Å². The molecule has 1 saturated heterocycles. The predicted octanol–water partition coefficient (Wildman–Crippen LogP) is 1.61. The Morgan fingerprint density at radius 2 is 1.83 bits per heavy atom. The Balaban J connectivity index is 1.64. The van der Waals surface area contributed by atoms with Gasteiger partial charge in [0.15, 0.2) is 0 Å². The van der Waals surface area contributed by atoms with Gasteiger partial charge in [0.2, 0.25) is 10.0 Å². The van der Waals surface area contributed by atoms with Crippen molar-refractivity contribution in [1.82, 2.24) is 14.9 Å². The number of carbonyl (C=O) groups excluding carboxylic acids is 2. The smallest absolute Gasteiger partial charge is 0.309 e. The second-order valence-corrected chi connectivity index (χ2v) is 9.94. The zero-order valence-corrected chi connectivity index (χ0v) is 18.5. The van der Waals surface area contributed by atoms with E-state index in [-0.39, 0.29) is 17.5 Å². The van der Waals surface area contributed by atoms with Crippen LogP contribution in [0.5, 0.6) is 0 Å². The van der Waals surface area contributed by atoms with Crippen molar-refractivity contribution in [3.63, 3.8) is 0 Å². The number of sulfonamides is 1. The number of aryl methyl sites for hydroxylation is 2. The van der Waals surface area contributed by atoms with Crippen molar-refractivity contribution in [2.75, 3.05) is 19.7 Å². The number of amides is 2. The van der Waals surface area contributed by atoms with E-state index in [4.69, 9.17) is 4.74 Å². The van der Waals surface area contributed by atoms with Gasteiger partial charge in [0, 0.05) is 12.6 Å². The van der Waals surface area contributed by atoms with E-state index in [2.05, 4.69) is 10.6 Å². The molecule has 2 amide bonds. The molecule has 1 aromatic carbocycles. The molecule has 9 heteroatoms. The van der Waals surface area contributed by atoms with Crippen LogP contribution in [0.4, 0.5) is 0 Å². The zero-order chi connectivity index (χ0) is 21.7. The molecule has 30 heavy (non-hydrogen) atoms. The molecule has 2 N–H and O–H groups in total. The molecule has 0 aromatic heterocycles.